The molecule has 33 heavy (non-hydrogen) atoms. The van der Waals surface area contributed by atoms with Crippen LogP contribution in [0.2, 0.25) is 0 Å². The number of esters is 1. The minimum absolute atomic E-state index is 0.192. The smallest absolute Gasteiger partial charge is 0.412 e. The SMILES string of the molecule is CCOC(=O)/C(=C/C1OC(C)(C)N(C(=O)OCc2ccccc2)[C@H]1CC1CCCCC1)CC. The van der Waals surface area contributed by atoms with Crippen LogP contribution in [0.4, 0.5) is 4.79 Å². The lowest BCUT2D eigenvalue weighted by molar-refractivity contribution is -0.138. The molecule has 1 amide bonds. The molecule has 1 aromatic rings. The van der Waals surface area contributed by atoms with Crippen molar-refractivity contribution in [2.75, 3.05) is 6.61 Å². The largest absolute Gasteiger partial charge is 0.463 e. The summed E-state index contributed by atoms with van der Waals surface area (Å²) >= 11 is 0. The number of amides is 1. The first-order chi connectivity index (χ1) is 15.9. The van der Waals surface area contributed by atoms with Gasteiger partial charge in [0.05, 0.1) is 18.8 Å². The molecule has 2 fully saturated rings. The molecule has 0 bridgehead atoms. The third-order valence-corrected chi connectivity index (χ3v) is 6.70. The van der Waals surface area contributed by atoms with E-state index in [-0.39, 0.29) is 30.8 Å². The summed E-state index contributed by atoms with van der Waals surface area (Å²) in [7, 11) is 0. The van der Waals surface area contributed by atoms with E-state index in [1.807, 2.05) is 57.2 Å². The monoisotopic (exact) mass is 457 g/mol. The van der Waals surface area contributed by atoms with E-state index in [4.69, 9.17) is 14.2 Å². The first-order valence-corrected chi connectivity index (χ1v) is 12.4. The van der Waals surface area contributed by atoms with E-state index in [0.717, 1.165) is 12.0 Å². The number of carbonyl (C=O) groups is 2. The lowest BCUT2D eigenvalue weighted by Crippen LogP contribution is -2.49. The van der Waals surface area contributed by atoms with Gasteiger partial charge in [0.1, 0.15) is 12.3 Å². The summed E-state index contributed by atoms with van der Waals surface area (Å²) < 4.78 is 17.4. The Morgan fingerprint density at radius 2 is 1.79 bits per heavy atom. The van der Waals surface area contributed by atoms with Gasteiger partial charge in [-0.3, -0.25) is 4.90 Å². The van der Waals surface area contributed by atoms with Crippen molar-refractivity contribution in [3.8, 4) is 0 Å². The molecule has 0 aromatic heterocycles. The summed E-state index contributed by atoms with van der Waals surface area (Å²) in [5.74, 6) is 0.220. The average molecular weight is 458 g/mol. The van der Waals surface area contributed by atoms with Gasteiger partial charge in [0.2, 0.25) is 0 Å². The van der Waals surface area contributed by atoms with Crippen LogP contribution in [0.5, 0.6) is 0 Å². The zero-order valence-corrected chi connectivity index (χ0v) is 20.5. The first kappa shape index (κ1) is 25.3. The van der Waals surface area contributed by atoms with Gasteiger partial charge in [-0.05, 0) is 51.2 Å². The molecule has 1 unspecified atom stereocenters. The van der Waals surface area contributed by atoms with Gasteiger partial charge in [-0.1, -0.05) is 69.4 Å². The van der Waals surface area contributed by atoms with Crippen LogP contribution in [-0.4, -0.2) is 41.4 Å². The fourth-order valence-corrected chi connectivity index (χ4v) is 5.06. The topological polar surface area (TPSA) is 65.1 Å². The molecule has 1 saturated heterocycles. The van der Waals surface area contributed by atoms with Gasteiger partial charge in [0.15, 0.2) is 0 Å². The summed E-state index contributed by atoms with van der Waals surface area (Å²) in [5.41, 5.74) is 0.687. The van der Waals surface area contributed by atoms with Crippen molar-refractivity contribution in [2.45, 2.75) is 97.1 Å². The van der Waals surface area contributed by atoms with E-state index in [0.29, 0.717) is 24.5 Å². The lowest BCUT2D eigenvalue weighted by atomic mass is 9.83. The molecule has 0 spiro atoms. The second kappa shape index (κ2) is 11.7. The van der Waals surface area contributed by atoms with E-state index in [2.05, 4.69) is 0 Å². The molecule has 0 N–H and O–H groups in total. The summed E-state index contributed by atoms with van der Waals surface area (Å²) in [5, 5.41) is 0. The number of ether oxygens (including phenoxy) is 3. The lowest BCUT2D eigenvalue weighted by Gasteiger charge is -2.35. The Morgan fingerprint density at radius 3 is 2.42 bits per heavy atom. The molecule has 1 aliphatic carbocycles. The molecule has 1 aromatic carbocycles. The second-order valence-corrected chi connectivity index (χ2v) is 9.51. The van der Waals surface area contributed by atoms with Crippen LogP contribution in [0.15, 0.2) is 42.0 Å². The van der Waals surface area contributed by atoms with Crippen molar-refractivity contribution >= 4 is 12.1 Å². The normalized spacial score (nSPS) is 23.4. The highest BCUT2D eigenvalue weighted by molar-refractivity contribution is 5.88. The van der Waals surface area contributed by atoms with Crippen molar-refractivity contribution in [2.24, 2.45) is 5.92 Å². The Morgan fingerprint density at radius 1 is 1.09 bits per heavy atom. The Kier molecular flexibility index (Phi) is 8.95. The van der Waals surface area contributed by atoms with E-state index in [1.54, 1.807) is 11.8 Å². The van der Waals surface area contributed by atoms with E-state index in [9.17, 15) is 9.59 Å². The van der Waals surface area contributed by atoms with Gasteiger partial charge in [0, 0.05) is 5.57 Å². The van der Waals surface area contributed by atoms with Gasteiger partial charge in [0.25, 0.3) is 0 Å². The minimum atomic E-state index is -0.845. The number of carbonyl (C=O) groups excluding carboxylic acids is 2. The van der Waals surface area contributed by atoms with Gasteiger partial charge in [-0.25, -0.2) is 9.59 Å². The Balaban J connectivity index is 1.84. The molecule has 3 rings (SSSR count). The molecule has 2 aliphatic rings. The van der Waals surface area contributed by atoms with Crippen LogP contribution in [0.1, 0.15) is 78.2 Å². The third-order valence-electron chi connectivity index (χ3n) is 6.70. The number of hydrogen-bond acceptors (Lipinski definition) is 5. The maximum Gasteiger partial charge on any atom is 0.412 e. The van der Waals surface area contributed by atoms with Crippen LogP contribution in [0.3, 0.4) is 0 Å². The molecule has 0 radical (unpaired) electrons. The number of benzene rings is 1. The van der Waals surface area contributed by atoms with Crippen LogP contribution >= 0.6 is 0 Å². The molecule has 6 nitrogen and oxygen atoms in total. The molecule has 2 atom stereocenters. The number of hydrogen-bond donors (Lipinski definition) is 0. The Labute approximate surface area is 198 Å². The fourth-order valence-electron chi connectivity index (χ4n) is 5.06. The van der Waals surface area contributed by atoms with Crippen LogP contribution in [0, 0.1) is 5.92 Å². The molecular weight excluding hydrogens is 418 g/mol. The molecule has 1 heterocycles. The summed E-state index contributed by atoms with van der Waals surface area (Å²) in [6.45, 7) is 8.08. The zero-order chi connectivity index (χ0) is 23.8. The summed E-state index contributed by atoms with van der Waals surface area (Å²) in [6, 6.07) is 9.49. The van der Waals surface area contributed by atoms with Crippen LogP contribution in [-0.2, 0) is 25.6 Å². The predicted molar refractivity (Wildman–Crippen MR) is 127 cm³/mol. The van der Waals surface area contributed by atoms with Gasteiger partial charge >= 0.3 is 12.1 Å². The Hall–Kier alpha value is -2.34. The van der Waals surface area contributed by atoms with Crippen LogP contribution in [0.25, 0.3) is 0 Å². The summed E-state index contributed by atoms with van der Waals surface area (Å²) in [4.78, 5) is 27.5. The number of rotatable bonds is 8. The fraction of sp³-hybridized carbons (Fsp3) is 0.630. The van der Waals surface area contributed by atoms with Crippen molar-refractivity contribution in [1.29, 1.82) is 0 Å². The van der Waals surface area contributed by atoms with Gasteiger partial charge in [-0.15, -0.1) is 0 Å². The quantitative estimate of drug-likeness (QED) is 0.354. The molecule has 1 saturated carbocycles. The van der Waals surface area contributed by atoms with Crippen molar-refractivity contribution in [3.05, 3.63) is 47.5 Å². The van der Waals surface area contributed by atoms with E-state index < -0.39 is 5.72 Å². The first-order valence-electron chi connectivity index (χ1n) is 12.4. The molecular formula is C27H39NO5. The zero-order valence-electron chi connectivity index (χ0n) is 20.5. The van der Waals surface area contributed by atoms with Gasteiger partial charge < -0.3 is 14.2 Å². The summed E-state index contributed by atoms with van der Waals surface area (Å²) in [6.07, 6.45) is 8.56. The maximum absolute atomic E-state index is 13.3. The van der Waals surface area contributed by atoms with Crippen molar-refractivity contribution in [1.82, 2.24) is 4.90 Å². The van der Waals surface area contributed by atoms with Gasteiger partial charge in [-0.2, -0.15) is 0 Å². The highest BCUT2D eigenvalue weighted by Gasteiger charge is 2.50. The third kappa shape index (κ3) is 6.59. The standard InChI is InChI=1S/C27H39NO5/c1-5-22(25(29)31-6-2)18-24-23(17-20-13-9-7-10-14-20)28(27(3,4)33-24)26(30)32-19-21-15-11-8-12-16-21/h8,11-12,15-16,18,20,23-24H,5-7,9-10,13-14,17,19H2,1-4H3/b22-18+/t23-,24?/m0/s1. The van der Waals surface area contributed by atoms with Crippen molar-refractivity contribution < 1.29 is 23.8 Å². The average Bonchev–Trinajstić information content (AvgIpc) is 3.06. The van der Waals surface area contributed by atoms with Crippen molar-refractivity contribution in [3.63, 3.8) is 0 Å². The number of nitrogens with zero attached hydrogens (tertiary/aromatic N) is 1. The maximum atomic E-state index is 13.3. The highest BCUT2D eigenvalue weighted by Crippen LogP contribution is 2.39. The molecule has 1 aliphatic heterocycles. The van der Waals surface area contributed by atoms with E-state index >= 15 is 0 Å². The predicted octanol–water partition coefficient (Wildman–Crippen LogP) is 6.00. The molecule has 182 valence electrons. The molecule has 6 heteroatoms. The van der Waals surface area contributed by atoms with Crippen LogP contribution < -0.4 is 0 Å². The second-order valence-electron chi connectivity index (χ2n) is 9.51. The highest BCUT2D eigenvalue weighted by atomic mass is 16.6. The Bertz CT molecular complexity index is 813. The minimum Gasteiger partial charge on any atom is -0.463 e. The van der Waals surface area contributed by atoms with E-state index in [1.165, 1.54) is 32.1 Å².